The molecule has 0 spiro atoms. The summed E-state index contributed by atoms with van der Waals surface area (Å²) in [6.45, 7) is 6.35. The molecule has 0 unspecified atom stereocenters. The monoisotopic (exact) mass is 278 g/mol. The normalized spacial score (nSPS) is 11.2. The zero-order valence-electron chi connectivity index (χ0n) is 12.8. The van der Waals surface area contributed by atoms with Crippen LogP contribution in [0.25, 0.3) is 16.9 Å². The van der Waals surface area contributed by atoms with Crippen molar-refractivity contribution in [2.45, 2.75) is 40.0 Å². The SMILES string of the molecule is CCCCc1nc2c(C)cc(C)nc2n1-c1c[c]ccc1. The Balaban J connectivity index is 2.27. The highest BCUT2D eigenvalue weighted by Gasteiger charge is 2.15. The molecule has 21 heavy (non-hydrogen) atoms. The number of hydrogen-bond acceptors (Lipinski definition) is 2. The van der Waals surface area contributed by atoms with E-state index in [2.05, 4.69) is 36.6 Å². The fourth-order valence-electron chi connectivity index (χ4n) is 2.70. The van der Waals surface area contributed by atoms with Crippen LogP contribution in [0.3, 0.4) is 0 Å². The summed E-state index contributed by atoms with van der Waals surface area (Å²) in [5.41, 5.74) is 5.27. The number of nitrogens with zero attached hydrogens (tertiary/aromatic N) is 3. The summed E-state index contributed by atoms with van der Waals surface area (Å²) in [6, 6.07) is 13.3. The average Bonchev–Trinajstić information content (AvgIpc) is 2.84. The van der Waals surface area contributed by atoms with Crippen molar-refractivity contribution in [3.63, 3.8) is 0 Å². The van der Waals surface area contributed by atoms with E-state index in [4.69, 9.17) is 9.97 Å². The molecule has 1 radical (unpaired) electrons. The van der Waals surface area contributed by atoms with Gasteiger partial charge >= 0.3 is 0 Å². The second-order valence-electron chi connectivity index (χ2n) is 5.48. The fraction of sp³-hybridized carbons (Fsp3) is 0.333. The van der Waals surface area contributed by atoms with Gasteiger partial charge in [0.15, 0.2) is 5.65 Å². The van der Waals surface area contributed by atoms with Crippen LogP contribution in [0.1, 0.15) is 36.8 Å². The van der Waals surface area contributed by atoms with Crippen LogP contribution in [-0.2, 0) is 6.42 Å². The van der Waals surface area contributed by atoms with Gasteiger partial charge in [0.2, 0.25) is 0 Å². The number of fused-ring (bicyclic) bond motifs is 1. The van der Waals surface area contributed by atoms with Crippen molar-refractivity contribution >= 4 is 11.2 Å². The van der Waals surface area contributed by atoms with Gasteiger partial charge in [0.25, 0.3) is 0 Å². The van der Waals surface area contributed by atoms with Crippen LogP contribution < -0.4 is 0 Å². The van der Waals surface area contributed by atoms with E-state index in [1.165, 1.54) is 5.56 Å². The largest absolute Gasteiger partial charge is 0.281 e. The summed E-state index contributed by atoms with van der Waals surface area (Å²) in [7, 11) is 0. The molecule has 0 amide bonds. The molecule has 0 aliphatic heterocycles. The first kappa shape index (κ1) is 13.8. The van der Waals surface area contributed by atoms with Gasteiger partial charge in [-0.2, -0.15) is 0 Å². The predicted octanol–water partition coefficient (Wildman–Crippen LogP) is 4.18. The highest BCUT2D eigenvalue weighted by Crippen LogP contribution is 2.24. The van der Waals surface area contributed by atoms with Crippen molar-refractivity contribution in [1.82, 2.24) is 14.5 Å². The van der Waals surface area contributed by atoms with Gasteiger partial charge in [0.1, 0.15) is 11.3 Å². The molecule has 3 rings (SSSR count). The van der Waals surface area contributed by atoms with Gasteiger partial charge in [-0.1, -0.05) is 25.5 Å². The van der Waals surface area contributed by atoms with Crippen molar-refractivity contribution < 1.29 is 0 Å². The number of unbranched alkanes of at least 4 members (excludes halogenated alkanes) is 1. The van der Waals surface area contributed by atoms with Gasteiger partial charge in [-0.3, -0.25) is 4.57 Å². The second-order valence-corrected chi connectivity index (χ2v) is 5.48. The van der Waals surface area contributed by atoms with E-state index in [-0.39, 0.29) is 0 Å². The van der Waals surface area contributed by atoms with E-state index in [1.54, 1.807) is 0 Å². The molecule has 2 heterocycles. The van der Waals surface area contributed by atoms with E-state index in [1.807, 2.05) is 25.1 Å². The van der Waals surface area contributed by atoms with Crippen LogP contribution in [-0.4, -0.2) is 14.5 Å². The summed E-state index contributed by atoms with van der Waals surface area (Å²) in [5, 5.41) is 0. The summed E-state index contributed by atoms with van der Waals surface area (Å²) in [5.74, 6) is 1.09. The Kier molecular flexibility index (Phi) is 3.74. The highest BCUT2D eigenvalue weighted by molar-refractivity contribution is 5.78. The van der Waals surface area contributed by atoms with Gasteiger partial charge in [0, 0.05) is 17.8 Å². The van der Waals surface area contributed by atoms with E-state index < -0.39 is 0 Å². The van der Waals surface area contributed by atoms with Gasteiger partial charge < -0.3 is 0 Å². The first-order valence-corrected chi connectivity index (χ1v) is 7.52. The minimum atomic E-state index is 0.957. The number of pyridine rings is 1. The zero-order valence-corrected chi connectivity index (χ0v) is 12.8. The minimum absolute atomic E-state index is 0.957. The molecule has 0 aliphatic carbocycles. The molecule has 0 bridgehead atoms. The third-order valence-electron chi connectivity index (χ3n) is 3.71. The van der Waals surface area contributed by atoms with Crippen LogP contribution >= 0.6 is 0 Å². The lowest BCUT2D eigenvalue weighted by Crippen LogP contribution is -2.02. The molecule has 0 atom stereocenters. The highest BCUT2D eigenvalue weighted by atomic mass is 15.1. The van der Waals surface area contributed by atoms with Gasteiger partial charge in [0.05, 0.1) is 0 Å². The number of rotatable bonds is 4. The van der Waals surface area contributed by atoms with Crippen molar-refractivity contribution in [1.29, 1.82) is 0 Å². The third kappa shape index (κ3) is 2.56. The first-order valence-electron chi connectivity index (χ1n) is 7.52. The smallest absolute Gasteiger partial charge is 0.165 e. The average molecular weight is 278 g/mol. The Bertz CT molecular complexity index is 757. The molecule has 2 aromatic heterocycles. The van der Waals surface area contributed by atoms with Crippen molar-refractivity contribution in [2.75, 3.05) is 0 Å². The maximum Gasteiger partial charge on any atom is 0.165 e. The number of hydrogen-bond donors (Lipinski definition) is 0. The molecular weight excluding hydrogens is 258 g/mol. The van der Waals surface area contributed by atoms with Crippen LogP contribution in [0.5, 0.6) is 0 Å². The molecular formula is C18H20N3. The number of aromatic nitrogens is 3. The maximum absolute atomic E-state index is 4.85. The first-order chi connectivity index (χ1) is 10.2. The van der Waals surface area contributed by atoms with Gasteiger partial charge in [-0.15, -0.1) is 0 Å². The Morgan fingerprint density at radius 2 is 2.10 bits per heavy atom. The molecule has 3 aromatic rings. The summed E-state index contributed by atoms with van der Waals surface area (Å²) in [6.07, 6.45) is 3.27. The Morgan fingerprint density at radius 1 is 1.24 bits per heavy atom. The molecule has 0 saturated carbocycles. The van der Waals surface area contributed by atoms with E-state index in [9.17, 15) is 0 Å². The maximum atomic E-state index is 4.85. The van der Waals surface area contributed by atoms with E-state index in [0.29, 0.717) is 0 Å². The van der Waals surface area contributed by atoms with E-state index in [0.717, 1.165) is 47.6 Å². The summed E-state index contributed by atoms with van der Waals surface area (Å²) < 4.78 is 2.18. The Labute approximate surface area is 125 Å². The lowest BCUT2D eigenvalue weighted by atomic mass is 10.2. The van der Waals surface area contributed by atoms with Gasteiger partial charge in [-0.25, -0.2) is 9.97 Å². The molecule has 0 fully saturated rings. The summed E-state index contributed by atoms with van der Waals surface area (Å²) >= 11 is 0. The number of aryl methyl sites for hydroxylation is 3. The molecule has 3 nitrogen and oxygen atoms in total. The fourth-order valence-corrected chi connectivity index (χ4v) is 2.70. The van der Waals surface area contributed by atoms with Gasteiger partial charge in [-0.05, 0) is 50.1 Å². The zero-order chi connectivity index (χ0) is 14.8. The minimum Gasteiger partial charge on any atom is -0.281 e. The van der Waals surface area contributed by atoms with Crippen molar-refractivity contribution in [3.05, 3.63) is 53.5 Å². The lowest BCUT2D eigenvalue weighted by molar-refractivity contribution is 0.742. The standard InChI is InChI=1S/C18H20N3/c1-4-5-11-16-20-17-13(2)12-14(3)19-18(17)21(16)15-9-7-6-8-10-15/h6-7,9-10,12H,4-5,11H2,1-3H3. The van der Waals surface area contributed by atoms with Crippen molar-refractivity contribution in [3.8, 4) is 5.69 Å². The topological polar surface area (TPSA) is 30.7 Å². The molecule has 3 heteroatoms. The second kappa shape index (κ2) is 5.68. The Morgan fingerprint density at radius 3 is 2.81 bits per heavy atom. The van der Waals surface area contributed by atoms with Crippen LogP contribution in [0.2, 0.25) is 0 Å². The molecule has 107 valence electrons. The molecule has 0 saturated heterocycles. The molecule has 1 aromatic carbocycles. The quantitative estimate of drug-likeness (QED) is 0.716. The summed E-state index contributed by atoms with van der Waals surface area (Å²) in [4.78, 5) is 9.58. The molecule has 0 N–H and O–H groups in total. The van der Waals surface area contributed by atoms with Crippen LogP contribution in [0, 0.1) is 19.9 Å². The van der Waals surface area contributed by atoms with Crippen LogP contribution in [0.4, 0.5) is 0 Å². The molecule has 0 aliphatic rings. The third-order valence-corrected chi connectivity index (χ3v) is 3.71. The van der Waals surface area contributed by atoms with Crippen LogP contribution in [0.15, 0.2) is 30.3 Å². The van der Waals surface area contributed by atoms with E-state index >= 15 is 0 Å². The number of imidazole rings is 1. The lowest BCUT2D eigenvalue weighted by Gasteiger charge is -2.08. The number of benzene rings is 1. The van der Waals surface area contributed by atoms with Crippen molar-refractivity contribution in [2.24, 2.45) is 0 Å². The predicted molar refractivity (Wildman–Crippen MR) is 85.8 cm³/mol. The Hall–Kier alpha value is -2.16.